The summed E-state index contributed by atoms with van der Waals surface area (Å²) < 4.78 is 55.4. The molecule has 2 aromatic carbocycles. The van der Waals surface area contributed by atoms with Crippen molar-refractivity contribution in [3.05, 3.63) is 65.2 Å². The van der Waals surface area contributed by atoms with Crippen molar-refractivity contribution in [2.45, 2.75) is 26.0 Å². The molecule has 0 bridgehead atoms. The highest BCUT2D eigenvalue weighted by molar-refractivity contribution is 5.94. The van der Waals surface area contributed by atoms with Crippen molar-refractivity contribution < 1.29 is 31.9 Å². The number of hydrogen-bond donors (Lipinski definition) is 2. The Balaban J connectivity index is 1.73. The number of alkyl halides is 2. The minimum absolute atomic E-state index is 0.00881. The molecule has 0 saturated carbocycles. The Morgan fingerprint density at radius 1 is 1.04 bits per heavy atom. The summed E-state index contributed by atoms with van der Waals surface area (Å²) in [6, 6.07) is 8.71. The van der Waals surface area contributed by atoms with E-state index in [9.17, 15) is 27.2 Å². The first-order valence-corrected chi connectivity index (χ1v) is 8.39. The molecule has 0 aliphatic rings. The Morgan fingerprint density at radius 3 is 2.50 bits per heavy atom. The van der Waals surface area contributed by atoms with Crippen LogP contribution in [0.1, 0.15) is 28.8 Å². The summed E-state index contributed by atoms with van der Waals surface area (Å²) in [7, 11) is 0. The fourth-order valence-corrected chi connectivity index (χ4v) is 2.36. The summed E-state index contributed by atoms with van der Waals surface area (Å²) in [4.78, 5) is 23.7. The fourth-order valence-electron chi connectivity index (χ4n) is 2.36. The lowest BCUT2D eigenvalue weighted by atomic mass is 10.2. The standard InChI is InChI=1S/C19H18F4N2O3/c20-13-7-8-14(15(21)10-13)18(27)24-9-3-6-17(26)25-11-12-4-1-2-5-16(12)28-19(22)23/h1-2,4-5,7-8,10,19H,3,6,9,11H2,(H,24,27)(H,25,26). The van der Waals surface area contributed by atoms with Gasteiger partial charge in [-0.1, -0.05) is 18.2 Å². The summed E-state index contributed by atoms with van der Waals surface area (Å²) in [6.45, 7) is -2.85. The van der Waals surface area contributed by atoms with E-state index >= 15 is 0 Å². The second-order valence-corrected chi connectivity index (χ2v) is 5.75. The molecule has 28 heavy (non-hydrogen) atoms. The normalized spacial score (nSPS) is 10.6. The zero-order valence-corrected chi connectivity index (χ0v) is 14.7. The lowest BCUT2D eigenvalue weighted by Crippen LogP contribution is -2.28. The van der Waals surface area contributed by atoms with Crippen LogP contribution in [0.5, 0.6) is 5.75 Å². The van der Waals surface area contributed by atoms with Crippen molar-refractivity contribution in [2.24, 2.45) is 0 Å². The highest BCUT2D eigenvalue weighted by Crippen LogP contribution is 2.20. The van der Waals surface area contributed by atoms with E-state index in [1.54, 1.807) is 12.1 Å². The molecule has 0 unspecified atom stereocenters. The van der Waals surface area contributed by atoms with E-state index in [0.29, 0.717) is 11.6 Å². The van der Waals surface area contributed by atoms with E-state index in [2.05, 4.69) is 15.4 Å². The molecule has 0 aromatic heterocycles. The molecule has 0 aliphatic carbocycles. The average Bonchev–Trinajstić information content (AvgIpc) is 2.64. The van der Waals surface area contributed by atoms with Crippen molar-refractivity contribution in [1.29, 1.82) is 0 Å². The minimum Gasteiger partial charge on any atom is -0.434 e. The van der Waals surface area contributed by atoms with Gasteiger partial charge >= 0.3 is 6.61 Å². The molecule has 5 nitrogen and oxygen atoms in total. The first-order chi connectivity index (χ1) is 13.4. The van der Waals surface area contributed by atoms with E-state index in [-0.39, 0.29) is 43.2 Å². The van der Waals surface area contributed by atoms with Gasteiger partial charge in [0.25, 0.3) is 5.91 Å². The number of ether oxygens (including phenoxy) is 1. The smallest absolute Gasteiger partial charge is 0.387 e. The number of amides is 2. The van der Waals surface area contributed by atoms with E-state index in [0.717, 1.165) is 12.1 Å². The lowest BCUT2D eigenvalue weighted by molar-refractivity contribution is -0.121. The Hall–Kier alpha value is -3.10. The third-order valence-electron chi connectivity index (χ3n) is 3.71. The van der Waals surface area contributed by atoms with Crippen LogP contribution in [-0.2, 0) is 11.3 Å². The van der Waals surface area contributed by atoms with E-state index in [1.165, 1.54) is 12.1 Å². The van der Waals surface area contributed by atoms with E-state index in [4.69, 9.17) is 0 Å². The number of nitrogens with one attached hydrogen (secondary N) is 2. The van der Waals surface area contributed by atoms with Crippen molar-refractivity contribution >= 4 is 11.8 Å². The molecule has 0 radical (unpaired) electrons. The second kappa shape index (κ2) is 10.3. The maximum absolute atomic E-state index is 13.5. The summed E-state index contributed by atoms with van der Waals surface area (Å²) in [6.07, 6.45) is 0.333. The predicted octanol–water partition coefficient (Wildman–Crippen LogP) is 3.39. The number of carbonyl (C=O) groups excluding carboxylic acids is 2. The molecule has 0 heterocycles. The third kappa shape index (κ3) is 6.57. The number of hydrogen-bond acceptors (Lipinski definition) is 3. The zero-order valence-electron chi connectivity index (χ0n) is 14.7. The van der Waals surface area contributed by atoms with Gasteiger partial charge in [0.1, 0.15) is 17.4 Å². The van der Waals surface area contributed by atoms with Crippen LogP contribution in [0.15, 0.2) is 42.5 Å². The Labute approximate surface area is 158 Å². The topological polar surface area (TPSA) is 67.4 Å². The Kier molecular flexibility index (Phi) is 7.79. The first-order valence-electron chi connectivity index (χ1n) is 8.39. The number of carbonyl (C=O) groups is 2. The maximum Gasteiger partial charge on any atom is 0.387 e. The lowest BCUT2D eigenvalue weighted by Gasteiger charge is -2.11. The third-order valence-corrected chi connectivity index (χ3v) is 3.71. The van der Waals surface area contributed by atoms with Crippen LogP contribution < -0.4 is 15.4 Å². The van der Waals surface area contributed by atoms with Gasteiger partial charge < -0.3 is 15.4 Å². The molecule has 2 rings (SSSR count). The zero-order chi connectivity index (χ0) is 20.5. The minimum atomic E-state index is -2.97. The molecule has 150 valence electrons. The van der Waals surface area contributed by atoms with Crippen LogP contribution in [0.25, 0.3) is 0 Å². The van der Waals surface area contributed by atoms with Crippen molar-refractivity contribution in [3.63, 3.8) is 0 Å². The van der Waals surface area contributed by atoms with Crippen LogP contribution in [-0.4, -0.2) is 25.0 Å². The quantitative estimate of drug-likeness (QED) is 0.503. The van der Waals surface area contributed by atoms with Gasteiger partial charge in [-0.3, -0.25) is 9.59 Å². The summed E-state index contributed by atoms with van der Waals surface area (Å²) >= 11 is 0. The van der Waals surface area contributed by atoms with Gasteiger partial charge in [-0.15, -0.1) is 0 Å². The molecule has 0 spiro atoms. The molecule has 0 saturated heterocycles. The second-order valence-electron chi connectivity index (χ2n) is 5.75. The molecule has 2 aromatic rings. The van der Waals surface area contributed by atoms with Crippen LogP contribution in [0.4, 0.5) is 17.6 Å². The number of rotatable bonds is 9. The molecular formula is C19H18F4N2O3. The fraction of sp³-hybridized carbons (Fsp3) is 0.263. The van der Waals surface area contributed by atoms with Crippen LogP contribution in [0.3, 0.4) is 0 Å². The molecule has 0 atom stereocenters. The first kappa shape index (κ1) is 21.2. The summed E-state index contributed by atoms with van der Waals surface area (Å²) in [5, 5.41) is 5.00. The van der Waals surface area contributed by atoms with Gasteiger partial charge in [-0.05, 0) is 24.6 Å². The molecular weight excluding hydrogens is 380 g/mol. The number of para-hydroxylation sites is 1. The monoisotopic (exact) mass is 398 g/mol. The van der Waals surface area contributed by atoms with E-state index in [1.807, 2.05) is 0 Å². The highest BCUT2D eigenvalue weighted by Gasteiger charge is 2.13. The van der Waals surface area contributed by atoms with Crippen LogP contribution >= 0.6 is 0 Å². The van der Waals surface area contributed by atoms with Gasteiger partial charge in [-0.25, -0.2) is 8.78 Å². The molecule has 0 aliphatic heterocycles. The van der Waals surface area contributed by atoms with Crippen LogP contribution in [0.2, 0.25) is 0 Å². The Bertz CT molecular complexity index is 831. The number of benzene rings is 2. The summed E-state index contributed by atoms with van der Waals surface area (Å²) in [5.41, 5.74) is 0.109. The van der Waals surface area contributed by atoms with Gasteiger partial charge in [0, 0.05) is 31.1 Å². The van der Waals surface area contributed by atoms with Gasteiger partial charge in [0.15, 0.2) is 0 Å². The largest absolute Gasteiger partial charge is 0.434 e. The average molecular weight is 398 g/mol. The van der Waals surface area contributed by atoms with E-state index < -0.39 is 24.2 Å². The van der Waals surface area contributed by atoms with Crippen molar-refractivity contribution in [3.8, 4) is 5.75 Å². The molecule has 0 fully saturated rings. The molecule has 2 N–H and O–H groups in total. The van der Waals surface area contributed by atoms with Crippen molar-refractivity contribution in [1.82, 2.24) is 10.6 Å². The molecule has 2 amide bonds. The SMILES string of the molecule is O=C(CCCNC(=O)c1ccc(F)cc1F)NCc1ccccc1OC(F)F. The highest BCUT2D eigenvalue weighted by atomic mass is 19.3. The molecule has 9 heteroatoms. The number of halogens is 4. The van der Waals surface area contributed by atoms with Gasteiger partial charge in [0.2, 0.25) is 5.91 Å². The predicted molar refractivity (Wildman–Crippen MR) is 92.8 cm³/mol. The van der Waals surface area contributed by atoms with Gasteiger partial charge in [-0.2, -0.15) is 8.78 Å². The van der Waals surface area contributed by atoms with Gasteiger partial charge in [0.05, 0.1) is 5.56 Å². The van der Waals surface area contributed by atoms with Crippen molar-refractivity contribution in [2.75, 3.05) is 6.54 Å². The summed E-state index contributed by atoms with van der Waals surface area (Å²) in [5.74, 6) is -2.84. The van der Waals surface area contributed by atoms with Crippen LogP contribution in [0, 0.1) is 11.6 Å². The maximum atomic E-state index is 13.5. The Morgan fingerprint density at radius 2 is 1.79 bits per heavy atom.